The minimum atomic E-state index is -4.47. The van der Waals surface area contributed by atoms with E-state index in [1.807, 2.05) is 0 Å². The molecule has 2 saturated heterocycles. The van der Waals surface area contributed by atoms with E-state index in [1.165, 1.54) is 11.8 Å². The molecule has 0 bridgehead atoms. The molecule has 8 nitrogen and oxygen atoms in total. The number of nitrogens with zero attached hydrogens (tertiary/aromatic N) is 1. The molecule has 0 spiro atoms. The van der Waals surface area contributed by atoms with Crippen molar-refractivity contribution in [3.05, 3.63) is 29.8 Å². The Balaban J connectivity index is 1.59. The van der Waals surface area contributed by atoms with E-state index < -0.39 is 53.8 Å². The van der Waals surface area contributed by atoms with Crippen molar-refractivity contribution in [2.75, 3.05) is 11.9 Å². The van der Waals surface area contributed by atoms with Gasteiger partial charge >= 0.3 is 12.2 Å². The minimum absolute atomic E-state index is 0.0978. The monoisotopic (exact) mass is 400 g/mol. The molecule has 0 radical (unpaired) electrons. The number of aliphatic hydroxyl groups excluding tert-OH is 1. The second-order valence-corrected chi connectivity index (χ2v) is 6.84. The van der Waals surface area contributed by atoms with E-state index in [0.29, 0.717) is 0 Å². The summed E-state index contributed by atoms with van der Waals surface area (Å²) in [5.41, 5.74) is -0.660. The van der Waals surface area contributed by atoms with E-state index in [4.69, 9.17) is 0 Å². The van der Waals surface area contributed by atoms with Gasteiger partial charge < -0.3 is 26.0 Å². The van der Waals surface area contributed by atoms with Gasteiger partial charge in [0.25, 0.3) is 0 Å². The summed E-state index contributed by atoms with van der Waals surface area (Å²) < 4.78 is 37.7. The summed E-state index contributed by atoms with van der Waals surface area (Å²) in [5.74, 6) is -0.829. The molecule has 4 amide bonds. The molecule has 11 heteroatoms. The number of alkyl halides is 3. The summed E-state index contributed by atoms with van der Waals surface area (Å²) in [6, 6.07) is 1.03. The first kappa shape index (κ1) is 19.9. The number of piperazine rings is 1. The number of rotatable bonds is 3. The number of halogens is 3. The molecule has 0 saturated carbocycles. The average molecular weight is 400 g/mol. The van der Waals surface area contributed by atoms with Crippen LogP contribution in [0.2, 0.25) is 0 Å². The van der Waals surface area contributed by atoms with Crippen LogP contribution in [0.1, 0.15) is 18.9 Å². The first-order valence-electron chi connectivity index (χ1n) is 8.60. The number of anilines is 1. The lowest BCUT2D eigenvalue weighted by molar-refractivity contribution is -0.149. The number of hydrogen-bond acceptors (Lipinski definition) is 4. The molecule has 2 aliphatic heterocycles. The second-order valence-electron chi connectivity index (χ2n) is 6.84. The number of urea groups is 1. The number of benzene rings is 1. The van der Waals surface area contributed by atoms with Gasteiger partial charge in [-0.15, -0.1) is 0 Å². The van der Waals surface area contributed by atoms with E-state index >= 15 is 0 Å². The second kappa shape index (κ2) is 7.30. The van der Waals surface area contributed by atoms with Crippen LogP contribution in [0.15, 0.2) is 24.3 Å². The molecule has 0 aliphatic carbocycles. The van der Waals surface area contributed by atoms with Crippen LogP contribution in [0.25, 0.3) is 0 Å². The zero-order chi connectivity index (χ0) is 20.6. The molecular weight excluding hydrogens is 381 g/mol. The Morgan fingerprint density at radius 2 is 1.93 bits per heavy atom. The highest BCUT2D eigenvalue weighted by Crippen LogP contribution is 2.30. The summed E-state index contributed by atoms with van der Waals surface area (Å²) in [4.78, 5) is 37.9. The van der Waals surface area contributed by atoms with E-state index in [0.717, 1.165) is 24.3 Å². The maximum atomic E-state index is 12.6. The van der Waals surface area contributed by atoms with Crippen LogP contribution in [0.5, 0.6) is 0 Å². The first-order valence-corrected chi connectivity index (χ1v) is 8.60. The van der Waals surface area contributed by atoms with Crippen LogP contribution >= 0.6 is 0 Å². The van der Waals surface area contributed by atoms with Gasteiger partial charge in [-0.2, -0.15) is 13.2 Å². The summed E-state index contributed by atoms with van der Waals surface area (Å²) >= 11 is 0. The van der Waals surface area contributed by atoms with Gasteiger partial charge in [-0.25, -0.2) is 4.79 Å². The molecule has 4 N–H and O–H groups in total. The van der Waals surface area contributed by atoms with Gasteiger partial charge in [0.15, 0.2) is 0 Å². The van der Waals surface area contributed by atoms with Crippen LogP contribution in [-0.2, 0) is 15.8 Å². The zero-order valence-electron chi connectivity index (χ0n) is 14.8. The number of carbonyl (C=O) groups excluding carboxylic acids is 3. The average Bonchev–Trinajstić information content (AvgIpc) is 3.02. The van der Waals surface area contributed by atoms with Gasteiger partial charge in [-0.05, 0) is 37.6 Å². The van der Waals surface area contributed by atoms with Crippen molar-refractivity contribution in [1.82, 2.24) is 15.5 Å². The quantitative estimate of drug-likeness (QED) is 0.598. The van der Waals surface area contributed by atoms with Crippen molar-refractivity contribution >= 4 is 23.5 Å². The number of nitrogens with one attached hydrogen (secondary N) is 3. The molecule has 2 aliphatic rings. The molecule has 4 atom stereocenters. The van der Waals surface area contributed by atoms with Gasteiger partial charge in [-0.1, -0.05) is 0 Å². The molecule has 3 rings (SSSR count). The van der Waals surface area contributed by atoms with Gasteiger partial charge in [0.2, 0.25) is 11.8 Å². The van der Waals surface area contributed by atoms with Crippen molar-refractivity contribution in [2.24, 2.45) is 0 Å². The van der Waals surface area contributed by atoms with Crippen molar-refractivity contribution in [3.63, 3.8) is 0 Å². The van der Waals surface area contributed by atoms with Gasteiger partial charge in [0.05, 0.1) is 17.7 Å². The molecule has 0 aromatic heterocycles. The van der Waals surface area contributed by atoms with Gasteiger partial charge in [-0.3, -0.25) is 9.59 Å². The number of aliphatic hydroxyl groups is 1. The van der Waals surface area contributed by atoms with Crippen molar-refractivity contribution in [1.29, 1.82) is 0 Å². The fourth-order valence-electron chi connectivity index (χ4n) is 3.34. The largest absolute Gasteiger partial charge is 0.416 e. The van der Waals surface area contributed by atoms with Crippen LogP contribution in [0.4, 0.5) is 23.7 Å². The summed E-state index contributed by atoms with van der Waals surface area (Å²) in [6.07, 6.45) is -5.32. The highest BCUT2D eigenvalue weighted by Gasteiger charge is 2.47. The highest BCUT2D eigenvalue weighted by molar-refractivity contribution is 5.98. The third-order valence-electron chi connectivity index (χ3n) is 4.74. The Labute approximate surface area is 158 Å². The molecule has 152 valence electrons. The SMILES string of the molecule is C[C@H](O)[C@H]1NC(=O)[C@@H]2C[C@H](NC(=O)Nc3ccc(C(F)(F)F)cc3)CN2C1=O. The molecule has 28 heavy (non-hydrogen) atoms. The van der Waals surface area contributed by atoms with Gasteiger partial charge in [0, 0.05) is 12.2 Å². The van der Waals surface area contributed by atoms with E-state index in [9.17, 15) is 32.7 Å². The molecule has 1 aromatic rings. The van der Waals surface area contributed by atoms with Crippen molar-refractivity contribution in [2.45, 2.75) is 43.8 Å². The maximum Gasteiger partial charge on any atom is 0.416 e. The van der Waals surface area contributed by atoms with E-state index in [1.54, 1.807) is 0 Å². The van der Waals surface area contributed by atoms with Crippen LogP contribution in [0, 0.1) is 0 Å². The minimum Gasteiger partial charge on any atom is -0.391 e. The predicted octanol–water partition coefficient (Wildman–Crippen LogP) is 0.676. The normalized spacial score (nSPS) is 25.8. The third-order valence-corrected chi connectivity index (χ3v) is 4.74. The Morgan fingerprint density at radius 1 is 1.29 bits per heavy atom. The third kappa shape index (κ3) is 4.03. The summed E-state index contributed by atoms with van der Waals surface area (Å²) in [6.45, 7) is 1.49. The first-order chi connectivity index (χ1) is 13.1. The summed E-state index contributed by atoms with van der Waals surface area (Å²) in [5, 5.41) is 17.1. The number of carbonyl (C=O) groups is 3. The maximum absolute atomic E-state index is 12.6. The number of fused-ring (bicyclic) bond motifs is 1. The Hall–Kier alpha value is -2.82. The standard InChI is InChI=1S/C17H19F3N4O4/c1-8(25)13-15(27)24-7-11(6-12(24)14(26)23-13)22-16(28)21-10-4-2-9(3-5-10)17(18,19)20/h2-5,8,11-13,25H,6-7H2,1H3,(H,23,26)(H2,21,22,28)/t8-,11-,12-,13+/m0/s1. The van der Waals surface area contributed by atoms with E-state index in [2.05, 4.69) is 16.0 Å². The molecule has 2 fully saturated rings. The van der Waals surface area contributed by atoms with Crippen LogP contribution < -0.4 is 16.0 Å². The van der Waals surface area contributed by atoms with Crippen molar-refractivity contribution < 1.29 is 32.7 Å². The topological polar surface area (TPSA) is 111 Å². The fourth-order valence-corrected chi connectivity index (χ4v) is 3.34. The Kier molecular flexibility index (Phi) is 5.20. The Bertz CT molecular complexity index is 782. The lowest BCUT2D eigenvalue weighted by atomic mass is 10.0. The van der Waals surface area contributed by atoms with Crippen LogP contribution in [0.3, 0.4) is 0 Å². The van der Waals surface area contributed by atoms with Gasteiger partial charge in [0.1, 0.15) is 12.1 Å². The number of hydrogen-bond donors (Lipinski definition) is 4. The summed E-state index contributed by atoms with van der Waals surface area (Å²) in [7, 11) is 0. The molecule has 2 heterocycles. The smallest absolute Gasteiger partial charge is 0.391 e. The Morgan fingerprint density at radius 3 is 2.50 bits per heavy atom. The number of amides is 4. The highest BCUT2D eigenvalue weighted by atomic mass is 19.4. The molecule has 1 aromatic carbocycles. The lowest BCUT2D eigenvalue weighted by Gasteiger charge is -2.35. The zero-order valence-corrected chi connectivity index (χ0v) is 14.8. The fraction of sp³-hybridized carbons (Fsp3) is 0.471. The van der Waals surface area contributed by atoms with E-state index in [-0.39, 0.29) is 18.7 Å². The molecular formula is C17H19F3N4O4. The lowest BCUT2D eigenvalue weighted by Crippen LogP contribution is -2.64. The van der Waals surface area contributed by atoms with Crippen LogP contribution in [-0.4, -0.2) is 58.6 Å². The van der Waals surface area contributed by atoms with Crippen molar-refractivity contribution in [3.8, 4) is 0 Å². The predicted molar refractivity (Wildman–Crippen MR) is 91.1 cm³/mol. The molecule has 0 unspecified atom stereocenters.